The number of benzene rings is 1. The van der Waals surface area contributed by atoms with Crippen LogP contribution in [0, 0.1) is 5.92 Å². The highest BCUT2D eigenvalue weighted by molar-refractivity contribution is 7.94. The Kier molecular flexibility index (Phi) is 4.43. The predicted octanol–water partition coefficient (Wildman–Crippen LogP) is 2.53. The Morgan fingerprint density at radius 3 is 2.35 bits per heavy atom. The molecule has 1 saturated carbocycles. The van der Waals surface area contributed by atoms with Crippen molar-refractivity contribution in [2.75, 3.05) is 17.8 Å². The molecule has 6 heteroatoms. The lowest BCUT2D eigenvalue weighted by Gasteiger charge is -2.30. The Morgan fingerprint density at radius 1 is 1.17 bits per heavy atom. The van der Waals surface area contributed by atoms with E-state index < -0.39 is 15.9 Å². The first kappa shape index (κ1) is 16.1. The monoisotopic (exact) mass is 335 g/mol. The molecule has 0 bridgehead atoms. The van der Waals surface area contributed by atoms with Crippen molar-refractivity contribution in [1.82, 2.24) is 0 Å². The average molecular weight is 335 g/mol. The van der Waals surface area contributed by atoms with Crippen molar-refractivity contribution >= 4 is 21.4 Å². The molecule has 1 atom stereocenters. The van der Waals surface area contributed by atoms with Gasteiger partial charge in [0.2, 0.25) is 5.91 Å². The van der Waals surface area contributed by atoms with Crippen molar-refractivity contribution in [2.45, 2.75) is 31.7 Å². The Labute approximate surface area is 136 Å². The van der Waals surface area contributed by atoms with Crippen LogP contribution in [-0.4, -0.2) is 33.2 Å². The molecule has 0 unspecified atom stereocenters. The predicted molar refractivity (Wildman–Crippen MR) is 89.2 cm³/mol. The molecule has 1 aliphatic heterocycles. The van der Waals surface area contributed by atoms with Gasteiger partial charge in [-0.1, -0.05) is 12.8 Å². The van der Waals surface area contributed by atoms with Gasteiger partial charge in [0.1, 0.15) is 5.75 Å². The van der Waals surface area contributed by atoms with E-state index in [1.807, 2.05) is 12.1 Å². The number of amides is 1. The Bertz CT molecular complexity index is 703. The first-order chi connectivity index (χ1) is 11.0. The van der Waals surface area contributed by atoms with Gasteiger partial charge in [-0.2, -0.15) is 0 Å². The van der Waals surface area contributed by atoms with Crippen molar-refractivity contribution in [3.8, 4) is 5.75 Å². The highest BCUT2D eigenvalue weighted by Crippen LogP contribution is 2.32. The third kappa shape index (κ3) is 3.42. The maximum Gasteiger partial charge on any atom is 0.230 e. The molecular weight excluding hydrogens is 314 g/mol. The fourth-order valence-electron chi connectivity index (χ4n) is 3.31. The number of carbonyl (C=O) groups excluding carboxylic acids is 1. The van der Waals surface area contributed by atoms with Gasteiger partial charge in [-0.15, -0.1) is 0 Å². The zero-order chi connectivity index (χ0) is 16.4. The van der Waals surface area contributed by atoms with E-state index in [-0.39, 0.29) is 17.6 Å². The molecule has 0 aromatic heterocycles. The number of hydrogen-bond acceptors (Lipinski definition) is 4. The minimum atomic E-state index is -3.22. The van der Waals surface area contributed by atoms with Crippen LogP contribution in [0.4, 0.5) is 5.69 Å². The average Bonchev–Trinajstić information content (AvgIpc) is 3.18. The second-order valence-electron chi connectivity index (χ2n) is 6.11. The molecule has 2 aliphatic rings. The second kappa shape index (κ2) is 6.35. The number of hydrogen-bond donors (Lipinski definition) is 0. The molecule has 1 aliphatic carbocycles. The van der Waals surface area contributed by atoms with Crippen LogP contribution in [0.3, 0.4) is 0 Å². The van der Waals surface area contributed by atoms with Gasteiger partial charge in [0.15, 0.2) is 9.84 Å². The van der Waals surface area contributed by atoms with Crippen molar-refractivity contribution in [1.29, 1.82) is 0 Å². The van der Waals surface area contributed by atoms with Crippen LogP contribution in [0.1, 0.15) is 25.7 Å². The molecule has 0 N–H and O–H groups in total. The number of anilines is 1. The van der Waals surface area contributed by atoms with Gasteiger partial charge in [-0.3, -0.25) is 4.79 Å². The van der Waals surface area contributed by atoms with Crippen LogP contribution in [-0.2, 0) is 14.6 Å². The standard InChI is InChI=1S/C17H21NO4S/c1-22-16-8-6-14(7-9-16)18(15-10-11-23(20,21)12-15)17(19)13-4-2-3-5-13/h6-11,13,15H,2-5,12H2,1H3/t15-/m1/s1. The lowest BCUT2D eigenvalue weighted by molar-refractivity contribution is -0.122. The van der Waals surface area contributed by atoms with Crippen LogP contribution in [0.2, 0.25) is 0 Å². The number of carbonyl (C=O) groups is 1. The van der Waals surface area contributed by atoms with Crippen LogP contribution >= 0.6 is 0 Å². The molecular formula is C17H21NO4S. The second-order valence-corrected chi connectivity index (χ2v) is 8.04. The van der Waals surface area contributed by atoms with Gasteiger partial charge < -0.3 is 9.64 Å². The van der Waals surface area contributed by atoms with Gasteiger partial charge >= 0.3 is 0 Å². The number of ether oxygens (including phenoxy) is 1. The zero-order valence-electron chi connectivity index (χ0n) is 13.1. The van der Waals surface area contributed by atoms with Gasteiger partial charge in [-0.25, -0.2) is 8.42 Å². The summed E-state index contributed by atoms with van der Waals surface area (Å²) in [6, 6.07) is 6.77. The van der Waals surface area contributed by atoms with Gasteiger partial charge in [-0.05, 0) is 43.2 Å². The Hall–Kier alpha value is -1.82. The summed E-state index contributed by atoms with van der Waals surface area (Å²) >= 11 is 0. The fourth-order valence-corrected chi connectivity index (χ4v) is 4.58. The smallest absolute Gasteiger partial charge is 0.230 e. The van der Waals surface area contributed by atoms with E-state index in [0.29, 0.717) is 5.75 Å². The van der Waals surface area contributed by atoms with E-state index in [0.717, 1.165) is 31.4 Å². The van der Waals surface area contributed by atoms with Crippen molar-refractivity contribution in [3.63, 3.8) is 0 Å². The highest BCUT2D eigenvalue weighted by Gasteiger charge is 2.35. The van der Waals surface area contributed by atoms with Gasteiger partial charge in [0.25, 0.3) is 0 Å². The van der Waals surface area contributed by atoms with E-state index in [4.69, 9.17) is 4.74 Å². The van der Waals surface area contributed by atoms with Crippen molar-refractivity contribution < 1.29 is 17.9 Å². The molecule has 0 radical (unpaired) electrons. The van der Waals surface area contributed by atoms with E-state index in [9.17, 15) is 13.2 Å². The number of rotatable bonds is 4. The molecule has 1 heterocycles. The molecule has 3 rings (SSSR count). The maximum absolute atomic E-state index is 13.0. The normalized spacial score (nSPS) is 23.1. The van der Waals surface area contributed by atoms with Gasteiger partial charge in [0.05, 0.1) is 18.9 Å². The van der Waals surface area contributed by atoms with Crippen molar-refractivity contribution in [3.05, 3.63) is 35.7 Å². The van der Waals surface area contributed by atoms with E-state index in [1.165, 1.54) is 5.41 Å². The molecule has 1 amide bonds. The molecule has 124 valence electrons. The summed E-state index contributed by atoms with van der Waals surface area (Å²) in [7, 11) is -1.63. The molecule has 1 aromatic rings. The summed E-state index contributed by atoms with van der Waals surface area (Å²) in [5.74, 6) is 0.683. The Morgan fingerprint density at radius 2 is 1.83 bits per heavy atom. The summed E-state index contributed by atoms with van der Waals surface area (Å²) in [5.41, 5.74) is 0.717. The van der Waals surface area contributed by atoms with E-state index in [1.54, 1.807) is 30.2 Å². The topological polar surface area (TPSA) is 63.7 Å². The summed E-state index contributed by atoms with van der Waals surface area (Å²) in [4.78, 5) is 14.6. The number of nitrogens with zero attached hydrogens (tertiary/aromatic N) is 1. The number of methoxy groups -OCH3 is 1. The molecule has 1 aromatic carbocycles. The van der Waals surface area contributed by atoms with Crippen molar-refractivity contribution in [2.24, 2.45) is 5.92 Å². The fraction of sp³-hybridized carbons (Fsp3) is 0.471. The van der Waals surface area contributed by atoms with E-state index in [2.05, 4.69) is 0 Å². The van der Waals surface area contributed by atoms with Crippen LogP contribution in [0.5, 0.6) is 5.75 Å². The lowest BCUT2D eigenvalue weighted by atomic mass is 10.0. The minimum absolute atomic E-state index is 0.00574. The molecule has 5 nitrogen and oxygen atoms in total. The van der Waals surface area contributed by atoms with Crippen LogP contribution in [0.25, 0.3) is 0 Å². The van der Waals surface area contributed by atoms with Crippen LogP contribution in [0.15, 0.2) is 35.7 Å². The summed E-state index contributed by atoms with van der Waals surface area (Å²) in [5, 5.41) is 1.22. The van der Waals surface area contributed by atoms with E-state index >= 15 is 0 Å². The maximum atomic E-state index is 13.0. The SMILES string of the molecule is COc1ccc(N(C(=O)C2CCCC2)[C@@H]2C=CS(=O)(=O)C2)cc1. The third-order valence-corrected chi connectivity index (χ3v) is 5.91. The molecule has 23 heavy (non-hydrogen) atoms. The highest BCUT2D eigenvalue weighted by atomic mass is 32.2. The first-order valence-electron chi connectivity index (χ1n) is 7.88. The largest absolute Gasteiger partial charge is 0.497 e. The quantitative estimate of drug-likeness (QED) is 0.848. The summed E-state index contributed by atoms with van der Waals surface area (Å²) < 4.78 is 28.7. The summed E-state index contributed by atoms with van der Waals surface area (Å²) in [6.07, 6.45) is 5.51. The Balaban J connectivity index is 1.92. The third-order valence-electron chi connectivity index (χ3n) is 4.54. The van der Waals surface area contributed by atoms with Gasteiger partial charge in [0, 0.05) is 17.0 Å². The van der Waals surface area contributed by atoms with Crippen LogP contribution < -0.4 is 9.64 Å². The lowest BCUT2D eigenvalue weighted by Crippen LogP contribution is -2.44. The molecule has 0 saturated heterocycles. The number of sulfone groups is 1. The molecule has 0 spiro atoms. The first-order valence-corrected chi connectivity index (χ1v) is 9.60. The minimum Gasteiger partial charge on any atom is -0.497 e. The molecule has 1 fully saturated rings. The summed E-state index contributed by atoms with van der Waals surface area (Å²) in [6.45, 7) is 0. The zero-order valence-corrected chi connectivity index (χ0v) is 14.0.